The number of hydrogen-bond donors (Lipinski definition) is 0. The molecule has 7 rings (SSSR count). The molecule has 0 N–H and O–H groups in total. The number of carbonyl (C=O) groups excluding carboxylic acids is 2. The second kappa shape index (κ2) is 5.32. The summed E-state index contributed by atoms with van der Waals surface area (Å²) in [4.78, 5) is 28.2. The summed E-state index contributed by atoms with van der Waals surface area (Å²) >= 11 is 0. The molecule has 6 atom stereocenters. The molecule has 2 aromatic rings. The molecule has 0 spiro atoms. The van der Waals surface area contributed by atoms with Gasteiger partial charge >= 0.3 is 0 Å². The first-order valence-corrected chi connectivity index (χ1v) is 9.57. The van der Waals surface area contributed by atoms with E-state index in [-0.39, 0.29) is 53.9 Å². The number of carbonyl (C=O) groups is 2. The molecule has 1 saturated carbocycles. The van der Waals surface area contributed by atoms with Crippen LogP contribution in [0.15, 0.2) is 71.4 Å². The molecular formula is C23H19NO3. The third kappa shape index (κ3) is 1.88. The molecule has 0 radical (unpaired) electrons. The Morgan fingerprint density at radius 3 is 1.89 bits per heavy atom. The van der Waals surface area contributed by atoms with Gasteiger partial charge in [-0.1, -0.05) is 48.6 Å². The van der Waals surface area contributed by atoms with Crippen LogP contribution in [0.2, 0.25) is 0 Å². The minimum absolute atomic E-state index is 0.0349. The Hall–Kier alpha value is -2.88. The van der Waals surface area contributed by atoms with Crippen LogP contribution in [-0.2, 0) is 16.1 Å². The first-order chi connectivity index (χ1) is 13.3. The van der Waals surface area contributed by atoms with Gasteiger partial charge in [-0.25, -0.2) is 0 Å². The minimum Gasteiger partial charge on any atom is -0.467 e. The largest absolute Gasteiger partial charge is 0.467 e. The van der Waals surface area contributed by atoms with Crippen LogP contribution in [0.5, 0.6) is 0 Å². The average molecular weight is 357 g/mol. The number of amides is 2. The molecule has 27 heavy (non-hydrogen) atoms. The van der Waals surface area contributed by atoms with E-state index in [1.54, 1.807) is 12.3 Å². The van der Waals surface area contributed by atoms with Gasteiger partial charge in [0.2, 0.25) is 11.8 Å². The zero-order chi connectivity index (χ0) is 18.1. The highest BCUT2D eigenvalue weighted by Crippen LogP contribution is 2.64. The quantitative estimate of drug-likeness (QED) is 0.771. The number of likely N-dealkylation sites (tertiary alicyclic amines) is 1. The van der Waals surface area contributed by atoms with Gasteiger partial charge in [0, 0.05) is 11.8 Å². The standard InChI is InChI=1S/C23H19NO3/c25-22-20-18-14-7-1-2-8-15(14)19(17-10-4-3-9-16(17)18)21(20)23(26)24(22)12-13-6-5-11-27-13/h1-11,14-15,18-21H,12H2/t14-,15-,18-,19-,20-,21+/m1/s1. The summed E-state index contributed by atoms with van der Waals surface area (Å²) in [5.74, 6) is 0.778. The molecule has 1 aliphatic heterocycles. The van der Waals surface area contributed by atoms with Crippen molar-refractivity contribution >= 4 is 11.8 Å². The highest BCUT2D eigenvalue weighted by molar-refractivity contribution is 6.06. The lowest BCUT2D eigenvalue weighted by Gasteiger charge is -2.53. The van der Waals surface area contributed by atoms with E-state index in [4.69, 9.17) is 4.42 Å². The smallest absolute Gasteiger partial charge is 0.234 e. The molecule has 2 amide bonds. The Bertz CT molecular complexity index is 939. The molecule has 1 aromatic heterocycles. The molecule has 5 aliphatic rings. The minimum atomic E-state index is -0.259. The number of allylic oxidation sites excluding steroid dienone is 4. The van der Waals surface area contributed by atoms with E-state index in [1.807, 2.05) is 18.2 Å². The van der Waals surface area contributed by atoms with Crippen LogP contribution in [-0.4, -0.2) is 16.7 Å². The van der Waals surface area contributed by atoms with E-state index >= 15 is 0 Å². The van der Waals surface area contributed by atoms with Crippen molar-refractivity contribution in [3.8, 4) is 0 Å². The predicted octanol–water partition coefficient (Wildman–Crippen LogP) is 3.63. The fourth-order valence-electron chi connectivity index (χ4n) is 6.00. The lowest BCUT2D eigenvalue weighted by Crippen LogP contribution is -2.49. The van der Waals surface area contributed by atoms with E-state index in [1.165, 1.54) is 16.0 Å². The predicted molar refractivity (Wildman–Crippen MR) is 98.4 cm³/mol. The number of hydrogen-bond acceptors (Lipinski definition) is 3. The summed E-state index contributed by atoms with van der Waals surface area (Å²) in [6, 6.07) is 12.0. The molecule has 2 bridgehead atoms. The van der Waals surface area contributed by atoms with E-state index < -0.39 is 0 Å². The van der Waals surface area contributed by atoms with Gasteiger partial charge in [0.25, 0.3) is 0 Å². The van der Waals surface area contributed by atoms with Crippen molar-refractivity contribution in [3.05, 3.63) is 83.9 Å². The SMILES string of the molecule is O=C1[C@@H]2[C@H](C(=O)N1Cc1ccco1)[C@H]1c3ccccc3[C@H]2[C@@H]2C=CC=C[C@H]21. The van der Waals surface area contributed by atoms with Crippen LogP contribution in [0.25, 0.3) is 0 Å². The molecule has 1 saturated heterocycles. The molecule has 1 aromatic carbocycles. The van der Waals surface area contributed by atoms with Crippen LogP contribution < -0.4 is 0 Å². The van der Waals surface area contributed by atoms with Gasteiger partial charge in [-0.05, 0) is 35.1 Å². The van der Waals surface area contributed by atoms with Crippen LogP contribution in [0.3, 0.4) is 0 Å². The lowest BCUT2D eigenvalue weighted by molar-refractivity contribution is -0.141. The summed E-state index contributed by atoms with van der Waals surface area (Å²) in [6.45, 7) is 0.231. The van der Waals surface area contributed by atoms with E-state index in [0.29, 0.717) is 5.76 Å². The van der Waals surface area contributed by atoms with Crippen molar-refractivity contribution in [1.82, 2.24) is 4.90 Å². The summed E-state index contributed by atoms with van der Waals surface area (Å²) in [7, 11) is 0. The van der Waals surface area contributed by atoms with Crippen molar-refractivity contribution in [2.75, 3.05) is 0 Å². The normalized spacial score (nSPS) is 35.3. The van der Waals surface area contributed by atoms with Gasteiger partial charge in [-0.15, -0.1) is 0 Å². The molecule has 2 heterocycles. The highest BCUT2D eigenvalue weighted by Gasteiger charge is 2.64. The second-order valence-electron chi connectivity index (χ2n) is 8.00. The molecule has 4 aliphatic carbocycles. The summed E-state index contributed by atoms with van der Waals surface area (Å²) in [5.41, 5.74) is 2.51. The van der Waals surface area contributed by atoms with E-state index in [9.17, 15) is 9.59 Å². The second-order valence-corrected chi connectivity index (χ2v) is 8.00. The maximum atomic E-state index is 13.4. The van der Waals surface area contributed by atoms with Crippen molar-refractivity contribution in [3.63, 3.8) is 0 Å². The average Bonchev–Trinajstić information content (AvgIpc) is 3.31. The fraction of sp³-hybridized carbons (Fsp3) is 0.304. The topological polar surface area (TPSA) is 50.5 Å². The zero-order valence-electron chi connectivity index (χ0n) is 14.7. The molecule has 134 valence electrons. The monoisotopic (exact) mass is 357 g/mol. The molecule has 2 fully saturated rings. The van der Waals surface area contributed by atoms with Crippen molar-refractivity contribution in [1.29, 1.82) is 0 Å². The zero-order valence-corrected chi connectivity index (χ0v) is 14.7. The highest BCUT2D eigenvalue weighted by atomic mass is 16.3. The number of benzene rings is 1. The van der Waals surface area contributed by atoms with Crippen molar-refractivity contribution < 1.29 is 14.0 Å². The van der Waals surface area contributed by atoms with Gasteiger partial charge < -0.3 is 4.42 Å². The molecule has 4 heteroatoms. The number of rotatable bonds is 2. The van der Waals surface area contributed by atoms with Crippen LogP contribution >= 0.6 is 0 Å². The molecular weight excluding hydrogens is 338 g/mol. The van der Waals surface area contributed by atoms with Crippen molar-refractivity contribution in [2.24, 2.45) is 23.7 Å². The van der Waals surface area contributed by atoms with E-state index in [0.717, 1.165) is 0 Å². The van der Waals surface area contributed by atoms with Gasteiger partial charge in [-0.2, -0.15) is 0 Å². The fourth-order valence-corrected chi connectivity index (χ4v) is 6.00. The Labute approximate surface area is 157 Å². The van der Waals surface area contributed by atoms with Gasteiger partial charge in [0.05, 0.1) is 24.6 Å². The third-order valence-electron chi connectivity index (χ3n) is 6.92. The summed E-state index contributed by atoms with van der Waals surface area (Å²) < 4.78 is 5.40. The van der Waals surface area contributed by atoms with Gasteiger partial charge in [0.15, 0.2) is 0 Å². The molecule has 0 unspecified atom stereocenters. The number of furan rings is 1. The van der Waals surface area contributed by atoms with Crippen LogP contribution in [0.4, 0.5) is 0 Å². The first-order valence-electron chi connectivity index (χ1n) is 9.57. The first kappa shape index (κ1) is 15.2. The third-order valence-corrected chi connectivity index (χ3v) is 6.92. The Kier molecular flexibility index (Phi) is 2.99. The number of nitrogens with zero attached hydrogens (tertiary/aromatic N) is 1. The molecule has 4 nitrogen and oxygen atoms in total. The van der Waals surface area contributed by atoms with Crippen LogP contribution in [0, 0.1) is 23.7 Å². The summed E-state index contributed by atoms with van der Waals surface area (Å²) in [6.07, 6.45) is 10.2. The van der Waals surface area contributed by atoms with Crippen LogP contribution in [0.1, 0.15) is 28.7 Å². The number of imide groups is 1. The van der Waals surface area contributed by atoms with Crippen molar-refractivity contribution in [2.45, 2.75) is 18.4 Å². The maximum absolute atomic E-state index is 13.4. The van der Waals surface area contributed by atoms with Gasteiger partial charge in [-0.3, -0.25) is 14.5 Å². The van der Waals surface area contributed by atoms with Gasteiger partial charge in [0.1, 0.15) is 5.76 Å². The Balaban J connectivity index is 1.49. The summed E-state index contributed by atoms with van der Waals surface area (Å²) in [5, 5.41) is 0. The maximum Gasteiger partial charge on any atom is 0.234 e. The lowest BCUT2D eigenvalue weighted by atomic mass is 9.48. The van der Waals surface area contributed by atoms with E-state index in [2.05, 4.69) is 36.4 Å². The Morgan fingerprint density at radius 2 is 1.37 bits per heavy atom. The Morgan fingerprint density at radius 1 is 0.778 bits per heavy atom.